The maximum atomic E-state index is 10.8. The zero-order valence-electron chi connectivity index (χ0n) is 11.4. The highest BCUT2D eigenvalue weighted by Gasteiger charge is 2.18. The molecule has 1 aromatic carbocycles. The summed E-state index contributed by atoms with van der Waals surface area (Å²) in [6, 6.07) is 4.42. The number of nitro groups is 2. The van der Waals surface area contributed by atoms with E-state index in [1.165, 1.54) is 23.0 Å². The second-order valence-corrected chi connectivity index (χ2v) is 4.44. The predicted molar refractivity (Wildman–Crippen MR) is 75.4 cm³/mol. The van der Waals surface area contributed by atoms with Crippen molar-refractivity contribution in [3.8, 4) is 0 Å². The first-order valence-corrected chi connectivity index (χ1v) is 6.06. The van der Waals surface area contributed by atoms with E-state index in [-0.39, 0.29) is 18.1 Å². The molecule has 9 nitrogen and oxygen atoms in total. The minimum atomic E-state index is -0.557. The molecule has 1 aromatic heterocycles. The van der Waals surface area contributed by atoms with Crippen molar-refractivity contribution < 1.29 is 9.85 Å². The molecule has 0 aliphatic rings. The highest BCUT2D eigenvalue weighted by molar-refractivity contribution is 5.55. The molecule has 0 atom stereocenters. The van der Waals surface area contributed by atoms with Crippen LogP contribution >= 0.6 is 0 Å². The van der Waals surface area contributed by atoms with Gasteiger partial charge in [0.05, 0.1) is 28.3 Å². The molecule has 0 amide bonds. The Balaban J connectivity index is 2.38. The molecule has 0 bridgehead atoms. The molecule has 0 aliphatic heterocycles. The summed E-state index contributed by atoms with van der Waals surface area (Å²) in [4.78, 5) is 20.6. The van der Waals surface area contributed by atoms with Gasteiger partial charge in [-0.25, -0.2) is 0 Å². The van der Waals surface area contributed by atoms with Crippen LogP contribution in [0.3, 0.4) is 0 Å². The fraction of sp³-hybridized carbons (Fsp3) is 0.250. The third-order valence-electron chi connectivity index (χ3n) is 2.99. The first-order chi connectivity index (χ1) is 9.92. The molecule has 1 heterocycles. The van der Waals surface area contributed by atoms with Crippen molar-refractivity contribution in [2.75, 3.05) is 12.4 Å². The fourth-order valence-electron chi connectivity index (χ4n) is 2.02. The van der Waals surface area contributed by atoms with Crippen molar-refractivity contribution >= 4 is 17.2 Å². The quantitative estimate of drug-likeness (QED) is 0.666. The van der Waals surface area contributed by atoms with Gasteiger partial charge in [-0.3, -0.25) is 10.1 Å². The van der Waals surface area contributed by atoms with Crippen LogP contribution in [0.2, 0.25) is 0 Å². The van der Waals surface area contributed by atoms with Gasteiger partial charge >= 0.3 is 5.82 Å². The molecule has 0 saturated carbocycles. The summed E-state index contributed by atoms with van der Waals surface area (Å²) in [5, 5.41) is 28.4. The van der Waals surface area contributed by atoms with Gasteiger partial charge in [-0.1, -0.05) is 0 Å². The van der Waals surface area contributed by atoms with E-state index >= 15 is 0 Å². The maximum Gasteiger partial charge on any atom is 0.392 e. The standard InChI is InChI=1S/C12H13N5O4/c1-8-6-15(14-12(8)17(20)21)7-9-5-10(16(18)19)3-4-11(9)13-2/h3-6,13H,7H2,1-2H3. The van der Waals surface area contributed by atoms with Crippen LogP contribution in [-0.4, -0.2) is 26.7 Å². The lowest BCUT2D eigenvalue weighted by molar-refractivity contribution is -0.390. The second kappa shape index (κ2) is 5.57. The molecule has 21 heavy (non-hydrogen) atoms. The van der Waals surface area contributed by atoms with E-state index < -0.39 is 9.85 Å². The van der Waals surface area contributed by atoms with E-state index in [1.807, 2.05) is 0 Å². The number of hydrogen-bond acceptors (Lipinski definition) is 6. The maximum absolute atomic E-state index is 10.8. The molecular weight excluding hydrogens is 278 g/mol. The number of nitrogens with one attached hydrogen (secondary N) is 1. The molecule has 0 saturated heterocycles. The van der Waals surface area contributed by atoms with E-state index in [9.17, 15) is 20.2 Å². The molecule has 0 fully saturated rings. The Morgan fingerprint density at radius 3 is 2.52 bits per heavy atom. The lowest BCUT2D eigenvalue weighted by Gasteiger charge is -2.07. The summed E-state index contributed by atoms with van der Waals surface area (Å²) >= 11 is 0. The van der Waals surface area contributed by atoms with E-state index in [1.54, 1.807) is 20.0 Å². The molecule has 0 radical (unpaired) electrons. The Hall–Kier alpha value is -2.97. The largest absolute Gasteiger partial charge is 0.392 e. The van der Waals surface area contributed by atoms with Crippen molar-refractivity contribution in [1.82, 2.24) is 9.78 Å². The monoisotopic (exact) mass is 291 g/mol. The van der Waals surface area contributed by atoms with Crippen LogP contribution in [0.1, 0.15) is 11.1 Å². The second-order valence-electron chi connectivity index (χ2n) is 4.44. The van der Waals surface area contributed by atoms with Gasteiger partial charge in [0.15, 0.2) is 0 Å². The van der Waals surface area contributed by atoms with Gasteiger partial charge in [-0.2, -0.15) is 4.68 Å². The van der Waals surface area contributed by atoms with Crippen LogP contribution in [0.4, 0.5) is 17.2 Å². The molecule has 2 rings (SSSR count). The number of nitrogens with zero attached hydrogens (tertiary/aromatic N) is 4. The highest BCUT2D eigenvalue weighted by atomic mass is 16.6. The van der Waals surface area contributed by atoms with Crippen LogP contribution in [0.25, 0.3) is 0 Å². The minimum absolute atomic E-state index is 0.0395. The van der Waals surface area contributed by atoms with Crippen molar-refractivity contribution in [3.63, 3.8) is 0 Å². The number of hydrogen-bond donors (Lipinski definition) is 1. The Morgan fingerprint density at radius 2 is 2.00 bits per heavy atom. The molecule has 9 heteroatoms. The Kier molecular flexibility index (Phi) is 3.83. The first kappa shape index (κ1) is 14.4. The summed E-state index contributed by atoms with van der Waals surface area (Å²) in [6.45, 7) is 1.79. The normalized spacial score (nSPS) is 10.4. The topological polar surface area (TPSA) is 116 Å². The molecule has 0 aliphatic carbocycles. The number of nitro benzene ring substituents is 1. The zero-order chi connectivity index (χ0) is 15.6. The zero-order valence-corrected chi connectivity index (χ0v) is 11.4. The van der Waals surface area contributed by atoms with Gasteiger partial charge in [-0.05, 0) is 17.9 Å². The number of non-ortho nitro benzene ring substituents is 1. The third-order valence-corrected chi connectivity index (χ3v) is 2.99. The number of aryl methyl sites for hydroxylation is 1. The average molecular weight is 291 g/mol. The Morgan fingerprint density at radius 1 is 1.29 bits per heavy atom. The van der Waals surface area contributed by atoms with Crippen LogP contribution in [-0.2, 0) is 6.54 Å². The summed E-state index contributed by atoms with van der Waals surface area (Å²) in [7, 11) is 1.70. The molecule has 110 valence electrons. The number of anilines is 1. The number of aromatic nitrogens is 2. The predicted octanol–water partition coefficient (Wildman–Crippen LogP) is 2.10. The highest BCUT2D eigenvalue weighted by Crippen LogP contribution is 2.23. The molecule has 0 unspecified atom stereocenters. The van der Waals surface area contributed by atoms with Crippen LogP contribution in [0.15, 0.2) is 24.4 Å². The number of benzene rings is 1. The summed E-state index contributed by atoms with van der Waals surface area (Å²) in [5.41, 5.74) is 1.74. The van der Waals surface area contributed by atoms with Crippen molar-refractivity contribution in [2.24, 2.45) is 0 Å². The van der Waals surface area contributed by atoms with E-state index in [0.717, 1.165) is 0 Å². The van der Waals surface area contributed by atoms with E-state index in [0.29, 0.717) is 16.8 Å². The Bertz CT molecular complexity index is 710. The summed E-state index contributed by atoms with van der Waals surface area (Å²) in [6.07, 6.45) is 1.54. The minimum Gasteiger partial charge on any atom is -0.388 e. The fourth-order valence-corrected chi connectivity index (χ4v) is 2.02. The van der Waals surface area contributed by atoms with Gasteiger partial charge in [0.1, 0.15) is 0 Å². The Labute approximate surface area is 119 Å². The summed E-state index contributed by atoms with van der Waals surface area (Å²) < 4.78 is 1.40. The number of rotatable bonds is 5. The lowest BCUT2D eigenvalue weighted by Crippen LogP contribution is -2.05. The average Bonchev–Trinajstić information content (AvgIpc) is 2.79. The lowest BCUT2D eigenvalue weighted by atomic mass is 10.1. The van der Waals surface area contributed by atoms with Crippen LogP contribution in [0.5, 0.6) is 0 Å². The van der Waals surface area contributed by atoms with Gasteiger partial charge in [0.2, 0.25) is 0 Å². The van der Waals surface area contributed by atoms with Crippen molar-refractivity contribution in [2.45, 2.75) is 13.5 Å². The SMILES string of the molecule is CNc1ccc([N+](=O)[O-])cc1Cn1cc(C)c([N+](=O)[O-])n1. The van der Waals surface area contributed by atoms with Crippen LogP contribution in [0, 0.1) is 27.2 Å². The molecule has 0 spiro atoms. The van der Waals surface area contributed by atoms with Crippen molar-refractivity contribution in [3.05, 3.63) is 55.8 Å². The van der Waals surface area contributed by atoms with E-state index in [2.05, 4.69) is 10.4 Å². The molecule has 1 N–H and O–H groups in total. The molecular formula is C12H13N5O4. The van der Waals surface area contributed by atoms with Crippen LogP contribution < -0.4 is 5.32 Å². The third kappa shape index (κ3) is 2.96. The smallest absolute Gasteiger partial charge is 0.388 e. The van der Waals surface area contributed by atoms with Gasteiger partial charge in [0.25, 0.3) is 5.69 Å². The van der Waals surface area contributed by atoms with Crippen molar-refractivity contribution in [1.29, 1.82) is 0 Å². The summed E-state index contributed by atoms with van der Waals surface area (Å²) in [5.74, 6) is -0.216. The van der Waals surface area contributed by atoms with E-state index in [4.69, 9.17) is 0 Å². The van der Waals surface area contributed by atoms with Gasteiger partial charge in [-0.15, -0.1) is 0 Å². The van der Waals surface area contributed by atoms with Gasteiger partial charge in [0, 0.05) is 30.4 Å². The molecule has 2 aromatic rings. The first-order valence-electron chi connectivity index (χ1n) is 6.06. The van der Waals surface area contributed by atoms with Gasteiger partial charge < -0.3 is 15.4 Å².